The van der Waals surface area contributed by atoms with Gasteiger partial charge in [0.25, 0.3) is 5.91 Å². The molecule has 174 valence electrons. The van der Waals surface area contributed by atoms with E-state index in [0.29, 0.717) is 48.8 Å². The minimum atomic E-state index is -4.49. The molecule has 2 amide bonds. The number of benzene rings is 1. The van der Waals surface area contributed by atoms with E-state index in [9.17, 15) is 22.8 Å². The Morgan fingerprint density at radius 3 is 2.66 bits per heavy atom. The summed E-state index contributed by atoms with van der Waals surface area (Å²) in [4.78, 5) is 27.9. The van der Waals surface area contributed by atoms with Crippen molar-refractivity contribution in [3.8, 4) is 0 Å². The summed E-state index contributed by atoms with van der Waals surface area (Å²) in [6, 6.07) is 4.46. The van der Waals surface area contributed by atoms with Crippen LogP contribution >= 0.6 is 23.1 Å². The molecule has 3 rings (SSSR count). The van der Waals surface area contributed by atoms with Gasteiger partial charge in [0.2, 0.25) is 11.0 Å². The van der Waals surface area contributed by atoms with E-state index in [1.165, 1.54) is 40.1 Å². The molecule has 0 aliphatic carbocycles. The zero-order chi connectivity index (χ0) is 23.1. The molecule has 8 nitrogen and oxygen atoms in total. The van der Waals surface area contributed by atoms with Crippen molar-refractivity contribution in [3.63, 3.8) is 0 Å². The largest absolute Gasteiger partial charge is 0.416 e. The average Bonchev–Trinajstić information content (AvgIpc) is 3.26. The monoisotopic (exact) mass is 489 g/mol. The third kappa shape index (κ3) is 6.56. The van der Waals surface area contributed by atoms with E-state index in [4.69, 9.17) is 4.74 Å². The van der Waals surface area contributed by atoms with Gasteiger partial charge in [0.1, 0.15) is 0 Å². The molecule has 2 aromatic rings. The summed E-state index contributed by atoms with van der Waals surface area (Å²) in [5, 5.41) is 11.7. The molecule has 1 aliphatic heterocycles. The van der Waals surface area contributed by atoms with Crippen molar-refractivity contribution in [1.29, 1.82) is 0 Å². The van der Waals surface area contributed by atoms with Crippen molar-refractivity contribution in [2.24, 2.45) is 0 Å². The van der Waals surface area contributed by atoms with Gasteiger partial charge < -0.3 is 19.9 Å². The van der Waals surface area contributed by atoms with Crippen molar-refractivity contribution < 1.29 is 27.5 Å². The normalized spacial score (nSPS) is 14.5. The third-order valence-corrected chi connectivity index (χ3v) is 6.74. The van der Waals surface area contributed by atoms with Crippen LogP contribution in [0.3, 0.4) is 0 Å². The van der Waals surface area contributed by atoms with Crippen LogP contribution in [-0.4, -0.2) is 79.1 Å². The van der Waals surface area contributed by atoms with Gasteiger partial charge in [-0.05, 0) is 18.2 Å². The molecular formula is C19H22F3N5O3S2. The lowest BCUT2D eigenvalue weighted by atomic mass is 10.1. The van der Waals surface area contributed by atoms with Gasteiger partial charge in [-0.15, -0.1) is 10.2 Å². The summed E-state index contributed by atoms with van der Waals surface area (Å²) >= 11 is 2.64. The van der Waals surface area contributed by atoms with Gasteiger partial charge in [-0.1, -0.05) is 29.2 Å². The second-order valence-corrected chi connectivity index (χ2v) is 9.02. The summed E-state index contributed by atoms with van der Waals surface area (Å²) in [5.41, 5.74) is -0.820. The number of nitrogens with one attached hydrogen (secondary N) is 1. The number of carbonyl (C=O) groups excluding carboxylic acids is 2. The molecule has 1 aromatic heterocycles. The number of nitrogens with zero attached hydrogens (tertiary/aromatic N) is 4. The molecule has 1 aromatic carbocycles. The summed E-state index contributed by atoms with van der Waals surface area (Å²) in [6.45, 7) is 2.59. The number of aromatic nitrogens is 2. The number of ether oxygens (including phenoxy) is 1. The van der Waals surface area contributed by atoms with Crippen LogP contribution in [0.25, 0.3) is 0 Å². The quantitative estimate of drug-likeness (QED) is 0.450. The molecule has 0 bridgehead atoms. The number of alkyl halides is 3. The highest BCUT2D eigenvalue weighted by molar-refractivity contribution is 8.01. The number of halogens is 3. The Hall–Kier alpha value is -2.38. The zero-order valence-corrected chi connectivity index (χ0v) is 18.9. The average molecular weight is 490 g/mol. The molecular weight excluding hydrogens is 467 g/mol. The molecule has 0 saturated carbocycles. The minimum absolute atomic E-state index is 0.0200. The molecule has 1 fully saturated rings. The first-order chi connectivity index (χ1) is 15.3. The van der Waals surface area contributed by atoms with Crippen LogP contribution in [-0.2, 0) is 15.7 Å². The summed E-state index contributed by atoms with van der Waals surface area (Å²) in [6.07, 6.45) is -4.49. The van der Waals surface area contributed by atoms with Crippen LogP contribution in [0.4, 0.5) is 18.3 Å². The summed E-state index contributed by atoms with van der Waals surface area (Å²) < 4.78 is 44.3. The van der Waals surface area contributed by atoms with E-state index in [1.54, 1.807) is 7.11 Å². The van der Waals surface area contributed by atoms with Crippen LogP contribution < -0.4 is 10.2 Å². The lowest BCUT2D eigenvalue weighted by molar-refractivity contribution is -0.137. The summed E-state index contributed by atoms with van der Waals surface area (Å²) in [7, 11) is 1.56. The predicted octanol–water partition coefficient (Wildman–Crippen LogP) is 2.37. The molecule has 1 N–H and O–H groups in total. The van der Waals surface area contributed by atoms with Crippen molar-refractivity contribution in [3.05, 3.63) is 35.4 Å². The maximum absolute atomic E-state index is 12.9. The predicted molar refractivity (Wildman–Crippen MR) is 115 cm³/mol. The number of rotatable bonds is 8. The molecule has 1 saturated heterocycles. The standard InChI is InChI=1S/C19H22F3N5O3S2/c1-30-10-5-23-15(28)12-31-18-25-24-17(32-18)27-8-6-26(7-9-27)16(29)13-3-2-4-14(11-13)19(20,21)22/h2-4,11H,5-10,12H2,1H3,(H,23,28). The van der Waals surface area contributed by atoms with E-state index in [-0.39, 0.29) is 17.2 Å². The Morgan fingerprint density at radius 2 is 1.97 bits per heavy atom. The second-order valence-electron chi connectivity index (χ2n) is 6.84. The maximum atomic E-state index is 12.9. The zero-order valence-electron chi connectivity index (χ0n) is 17.2. The number of anilines is 1. The molecule has 1 aliphatic rings. The van der Waals surface area contributed by atoms with Crippen molar-refractivity contribution in [1.82, 2.24) is 20.4 Å². The van der Waals surface area contributed by atoms with Crippen molar-refractivity contribution in [2.75, 3.05) is 57.1 Å². The number of methoxy groups -OCH3 is 1. The minimum Gasteiger partial charge on any atom is -0.383 e. The lowest BCUT2D eigenvalue weighted by Gasteiger charge is -2.34. The second kappa shape index (κ2) is 11.0. The number of piperazine rings is 1. The van der Waals surface area contributed by atoms with Crippen molar-refractivity contribution >= 4 is 40.0 Å². The number of hydrogen-bond donors (Lipinski definition) is 1. The molecule has 13 heteroatoms. The molecule has 0 spiro atoms. The van der Waals surface area contributed by atoms with Gasteiger partial charge in [-0.3, -0.25) is 9.59 Å². The highest BCUT2D eigenvalue weighted by atomic mass is 32.2. The van der Waals surface area contributed by atoms with Gasteiger partial charge in [-0.25, -0.2) is 0 Å². The van der Waals surface area contributed by atoms with E-state index in [2.05, 4.69) is 15.5 Å². The van der Waals surface area contributed by atoms with Gasteiger partial charge >= 0.3 is 6.18 Å². The number of amides is 2. The van der Waals surface area contributed by atoms with Gasteiger partial charge in [-0.2, -0.15) is 13.2 Å². The Bertz CT molecular complexity index is 933. The molecule has 0 radical (unpaired) electrons. The Kier molecular flexibility index (Phi) is 8.32. The van der Waals surface area contributed by atoms with Crippen LogP contribution in [0.15, 0.2) is 28.6 Å². The highest BCUT2D eigenvalue weighted by Crippen LogP contribution is 2.31. The Labute approximate surface area is 191 Å². The van der Waals surface area contributed by atoms with Crippen LogP contribution in [0.5, 0.6) is 0 Å². The fourth-order valence-electron chi connectivity index (χ4n) is 2.97. The van der Waals surface area contributed by atoms with E-state index in [0.717, 1.165) is 12.1 Å². The van der Waals surface area contributed by atoms with Gasteiger partial charge in [0.15, 0.2) is 4.34 Å². The third-order valence-electron chi connectivity index (χ3n) is 4.63. The first kappa shape index (κ1) is 24.3. The fraction of sp³-hybridized carbons (Fsp3) is 0.474. The smallest absolute Gasteiger partial charge is 0.383 e. The van der Waals surface area contributed by atoms with Crippen LogP contribution in [0.2, 0.25) is 0 Å². The van der Waals surface area contributed by atoms with E-state index in [1.807, 2.05) is 4.90 Å². The SMILES string of the molecule is COCCNC(=O)CSc1nnc(N2CCN(C(=O)c3cccc(C(F)(F)F)c3)CC2)s1. The molecule has 2 heterocycles. The molecule has 0 unspecified atom stereocenters. The maximum Gasteiger partial charge on any atom is 0.416 e. The summed E-state index contributed by atoms with van der Waals surface area (Å²) in [5.74, 6) is -0.327. The van der Waals surface area contributed by atoms with Crippen LogP contribution in [0, 0.1) is 0 Å². The Morgan fingerprint density at radius 1 is 1.22 bits per heavy atom. The fourth-order valence-corrected chi connectivity index (χ4v) is 4.69. The topological polar surface area (TPSA) is 87.7 Å². The van der Waals surface area contributed by atoms with Gasteiger partial charge in [0.05, 0.1) is 17.9 Å². The van der Waals surface area contributed by atoms with E-state index >= 15 is 0 Å². The first-order valence-corrected chi connectivity index (χ1v) is 11.5. The lowest BCUT2D eigenvalue weighted by Crippen LogP contribution is -2.48. The van der Waals surface area contributed by atoms with Crippen molar-refractivity contribution in [2.45, 2.75) is 10.5 Å². The van der Waals surface area contributed by atoms with E-state index < -0.39 is 17.6 Å². The number of thioether (sulfide) groups is 1. The Balaban J connectivity index is 1.50. The first-order valence-electron chi connectivity index (χ1n) is 9.71. The number of carbonyl (C=O) groups is 2. The van der Waals surface area contributed by atoms with Gasteiger partial charge in [0, 0.05) is 45.4 Å². The highest BCUT2D eigenvalue weighted by Gasteiger charge is 2.32. The molecule has 0 atom stereocenters. The number of hydrogen-bond acceptors (Lipinski definition) is 8. The van der Waals surface area contributed by atoms with Crippen LogP contribution in [0.1, 0.15) is 15.9 Å². The molecule has 32 heavy (non-hydrogen) atoms.